The van der Waals surface area contributed by atoms with Crippen molar-refractivity contribution in [2.75, 3.05) is 5.32 Å². The number of hydrogen-bond acceptors (Lipinski definition) is 5. The fourth-order valence-electron chi connectivity index (χ4n) is 1.31. The number of aromatic amines is 1. The molecule has 2 N–H and O–H groups in total. The zero-order valence-electron chi connectivity index (χ0n) is 9.30. The summed E-state index contributed by atoms with van der Waals surface area (Å²) in [5.74, 6) is -0.372. The maximum Gasteiger partial charge on any atom is 0.261 e. The number of rotatable bonds is 2. The van der Waals surface area contributed by atoms with Crippen molar-refractivity contribution in [2.45, 2.75) is 0 Å². The van der Waals surface area contributed by atoms with Crippen LogP contribution in [0.4, 0.5) is 5.95 Å². The van der Waals surface area contributed by atoms with E-state index in [9.17, 15) is 4.79 Å². The smallest absolute Gasteiger partial charge is 0.261 e. The minimum atomic E-state index is -0.425. The van der Waals surface area contributed by atoms with Crippen LogP contribution in [0.15, 0.2) is 12.4 Å². The predicted molar refractivity (Wildman–Crippen MR) is 59.2 cm³/mol. The van der Waals surface area contributed by atoms with Crippen LogP contribution in [0.1, 0.15) is 21.7 Å². The molecule has 0 radical (unpaired) electrons. The van der Waals surface area contributed by atoms with Gasteiger partial charge in [0, 0.05) is 13.2 Å². The Labute approximate surface area is 101 Å². The van der Waals surface area contributed by atoms with Gasteiger partial charge >= 0.3 is 0 Å². The van der Waals surface area contributed by atoms with Crippen LogP contribution in [-0.4, -0.2) is 25.7 Å². The number of anilines is 1. The lowest BCUT2D eigenvalue weighted by molar-refractivity contribution is 0.102. The van der Waals surface area contributed by atoms with E-state index in [2.05, 4.69) is 20.4 Å². The first-order chi connectivity index (χ1) is 8.63. The second kappa shape index (κ2) is 4.39. The minimum Gasteiger partial charge on any atom is -0.314 e. The summed E-state index contributed by atoms with van der Waals surface area (Å²) in [6.07, 6.45) is 2.93. The van der Waals surface area contributed by atoms with E-state index in [4.69, 9.17) is 10.5 Å². The van der Waals surface area contributed by atoms with Crippen LogP contribution in [0.3, 0.4) is 0 Å². The molecule has 2 aromatic heterocycles. The Morgan fingerprint density at radius 2 is 2.28 bits per heavy atom. The number of carbonyl (C=O) groups is 1. The van der Waals surface area contributed by atoms with E-state index in [1.165, 1.54) is 17.1 Å². The van der Waals surface area contributed by atoms with Crippen LogP contribution in [0.5, 0.6) is 0 Å². The molecular weight excluding hydrogens is 234 g/mol. The number of nitrogens with one attached hydrogen (secondary N) is 2. The summed E-state index contributed by atoms with van der Waals surface area (Å²) in [6, 6.07) is 3.53. The summed E-state index contributed by atoms with van der Waals surface area (Å²) in [4.78, 5) is 18.0. The summed E-state index contributed by atoms with van der Waals surface area (Å²) in [5, 5.41) is 23.7. The van der Waals surface area contributed by atoms with Crippen molar-refractivity contribution < 1.29 is 4.79 Å². The van der Waals surface area contributed by atoms with Crippen molar-refractivity contribution in [3.63, 3.8) is 0 Å². The molecular formula is C10H7N7O. The number of nitrogens with zero attached hydrogens (tertiary/aromatic N) is 5. The summed E-state index contributed by atoms with van der Waals surface area (Å²) in [6.45, 7) is 0. The Morgan fingerprint density at radius 1 is 1.50 bits per heavy atom. The summed E-state index contributed by atoms with van der Waals surface area (Å²) in [7, 11) is 1.69. The van der Waals surface area contributed by atoms with Gasteiger partial charge in [-0.05, 0) is 0 Å². The molecule has 0 unspecified atom stereocenters. The maximum atomic E-state index is 11.7. The number of H-pyrrole nitrogens is 1. The van der Waals surface area contributed by atoms with Crippen molar-refractivity contribution in [1.82, 2.24) is 19.7 Å². The van der Waals surface area contributed by atoms with Crippen molar-refractivity contribution >= 4 is 11.9 Å². The normalized spacial score (nSPS) is 9.50. The molecule has 18 heavy (non-hydrogen) atoms. The molecule has 2 heterocycles. The maximum absolute atomic E-state index is 11.7. The third-order valence-electron chi connectivity index (χ3n) is 2.12. The highest BCUT2D eigenvalue weighted by atomic mass is 16.1. The Bertz CT molecular complexity index is 650. The molecule has 0 saturated carbocycles. The number of amides is 1. The van der Waals surface area contributed by atoms with E-state index in [-0.39, 0.29) is 17.3 Å². The monoisotopic (exact) mass is 241 g/mol. The number of hydrogen-bond donors (Lipinski definition) is 2. The molecule has 0 saturated heterocycles. The number of aryl methyl sites for hydroxylation is 1. The third-order valence-corrected chi connectivity index (χ3v) is 2.12. The molecule has 0 aliphatic heterocycles. The molecule has 0 aliphatic carbocycles. The van der Waals surface area contributed by atoms with Crippen molar-refractivity contribution in [3.8, 4) is 12.1 Å². The van der Waals surface area contributed by atoms with E-state index < -0.39 is 5.91 Å². The first-order valence-electron chi connectivity index (χ1n) is 4.84. The van der Waals surface area contributed by atoms with Crippen molar-refractivity contribution in [2.24, 2.45) is 7.05 Å². The average Bonchev–Trinajstić information content (AvgIpc) is 2.95. The highest BCUT2D eigenvalue weighted by Crippen LogP contribution is 2.09. The van der Waals surface area contributed by atoms with Gasteiger partial charge in [0.05, 0.1) is 11.8 Å². The van der Waals surface area contributed by atoms with Crippen LogP contribution in [-0.2, 0) is 7.05 Å². The average molecular weight is 241 g/mol. The molecule has 0 fully saturated rings. The third kappa shape index (κ3) is 2.03. The van der Waals surface area contributed by atoms with Gasteiger partial charge in [-0.3, -0.25) is 14.8 Å². The van der Waals surface area contributed by atoms with Gasteiger partial charge < -0.3 is 4.98 Å². The van der Waals surface area contributed by atoms with E-state index >= 15 is 0 Å². The van der Waals surface area contributed by atoms with Gasteiger partial charge in [-0.1, -0.05) is 0 Å². The number of aromatic nitrogens is 4. The van der Waals surface area contributed by atoms with Crippen molar-refractivity contribution in [1.29, 1.82) is 10.5 Å². The van der Waals surface area contributed by atoms with E-state index in [1.807, 2.05) is 0 Å². The van der Waals surface area contributed by atoms with Crippen LogP contribution >= 0.6 is 0 Å². The summed E-state index contributed by atoms with van der Waals surface area (Å²) < 4.78 is 1.48. The molecule has 1 amide bonds. The fraction of sp³-hybridized carbons (Fsp3) is 0.100. The minimum absolute atomic E-state index is 0.0130. The Balaban J connectivity index is 2.20. The van der Waals surface area contributed by atoms with Crippen LogP contribution in [0.2, 0.25) is 0 Å². The molecule has 8 heteroatoms. The van der Waals surface area contributed by atoms with Crippen LogP contribution in [0.25, 0.3) is 0 Å². The first kappa shape index (κ1) is 11.4. The molecule has 2 rings (SSSR count). The lowest BCUT2D eigenvalue weighted by atomic mass is 10.3. The topological polar surface area (TPSA) is 123 Å². The van der Waals surface area contributed by atoms with Gasteiger partial charge in [-0.2, -0.15) is 15.6 Å². The second-order valence-electron chi connectivity index (χ2n) is 3.39. The van der Waals surface area contributed by atoms with E-state index in [0.717, 1.165) is 0 Å². The zero-order valence-corrected chi connectivity index (χ0v) is 9.30. The lowest BCUT2D eigenvalue weighted by Gasteiger charge is -1.97. The molecule has 0 atom stereocenters. The summed E-state index contributed by atoms with van der Waals surface area (Å²) in [5.41, 5.74) is 0.309. The van der Waals surface area contributed by atoms with E-state index in [1.54, 1.807) is 19.2 Å². The quantitative estimate of drug-likeness (QED) is 0.773. The molecule has 2 aromatic rings. The highest BCUT2D eigenvalue weighted by Gasteiger charge is 2.13. The van der Waals surface area contributed by atoms with Gasteiger partial charge in [0.15, 0.2) is 11.4 Å². The molecule has 8 nitrogen and oxygen atoms in total. The number of carbonyl (C=O) groups excluding carboxylic acids is 1. The standard InChI is InChI=1S/C10H7N7O/c1-17-5-6(4-13-17)9(18)16-10-14-7(2-11)8(3-12)15-10/h4-5H,1H3,(H2,14,15,16,18). The fourth-order valence-corrected chi connectivity index (χ4v) is 1.31. The zero-order chi connectivity index (χ0) is 13.1. The highest BCUT2D eigenvalue weighted by molar-refractivity contribution is 6.03. The Kier molecular flexibility index (Phi) is 2.77. The van der Waals surface area contributed by atoms with Gasteiger partial charge in [0.2, 0.25) is 5.95 Å². The van der Waals surface area contributed by atoms with E-state index in [0.29, 0.717) is 5.56 Å². The van der Waals surface area contributed by atoms with Crippen LogP contribution < -0.4 is 5.32 Å². The van der Waals surface area contributed by atoms with Gasteiger partial charge in [-0.15, -0.1) is 0 Å². The Morgan fingerprint density at radius 3 is 2.78 bits per heavy atom. The largest absolute Gasteiger partial charge is 0.314 e. The van der Waals surface area contributed by atoms with Crippen molar-refractivity contribution in [3.05, 3.63) is 29.3 Å². The molecule has 0 aliphatic rings. The van der Waals surface area contributed by atoms with Gasteiger partial charge in [-0.25, -0.2) is 4.98 Å². The molecule has 88 valence electrons. The van der Waals surface area contributed by atoms with Crippen LogP contribution in [0, 0.1) is 22.7 Å². The first-order valence-corrected chi connectivity index (χ1v) is 4.84. The van der Waals surface area contributed by atoms with Gasteiger partial charge in [0.25, 0.3) is 5.91 Å². The SMILES string of the molecule is Cn1cc(C(=O)Nc2nc(C#N)c(C#N)[nH]2)cn1. The lowest BCUT2D eigenvalue weighted by Crippen LogP contribution is -2.12. The summed E-state index contributed by atoms with van der Waals surface area (Å²) >= 11 is 0. The Hall–Kier alpha value is -3.13. The molecule has 0 spiro atoms. The second-order valence-corrected chi connectivity index (χ2v) is 3.39. The molecule has 0 bridgehead atoms. The number of imidazole rings is 1. The predicted octanol–water partition coefficient (Wildman–Crippen LogP) is 0.139. The van der Waals surface area contributed by atoms with Gasteiger partial charge in [0.1, 0.15) is 12.1 Å². The number of nitriles is 2. The molecule has 0 aromatic carbocycles.